The lowest BCUT2D eigenvalue weighted by Crippen LogP contribution is -2.29. The summed E-state index contributed by atoms with van der Waals surface area (Å²) >= 11 is 0. The maximum absolute atomic E-state index is 12.7. The Balaban J connectivity index is 1.74. The number of nitrogens with zero attached hydrogens (tertiary/aromatic N) is 4. The van der Waals surface area contributed by atoms with Gasteiger partial charge in [-0.2, -0.15) is 5.10 Å². The number of aromatic nitrogens is 3. The predicted octanol–water partition coefficient (Wildman–Crippen LogP) is 4.56. The van der Waals surface area contributed by atoms with E-state index in [0.29, 0.717) is 19.5 Å². The summed E-state index contributed by atoms with van der Waals surface area (Å²) in [5.74, 6) is 1.22. The van der Waals surface area contributed by atoms with E-state index >= 15 is 0 Å². The summed E-state index contributed by atoms with van der Waals surface area (Å²) in [5, 5.41) is 4.92. The van der Waals surface area contributed by atoms with Crippen molar-refractivity contribution >= 4 is 5.91 Å². The number of amides is 1. The Labute approximate surface area is 166 Å². The first-order valence-corrected chi connectivity index (χ1v) is 9.82. The van der Waals surface area contributed by atoms with E-state index < -0.39 is 0 Å². The van der Waals surface area contributed by atoms with E-state index in [-0.39, 0.29) is 11.3 Å². The van der Waals surface area contributed by atoms with Crippen LogP contribution in [0, 0.1) is 19.3 Å². The second-order valence-electron chi connectivity index (χ2n) is 9.01. The molecule has 5 heteroatoms. The van der Waals surface area contributed by atoms with E-state index in [1.165, 1.54) is 11.1 Å². The molecule has 1 amide bonds. The van der Waals surface area contributed by atoms with Gasteiger partial charge >= 0.3 is 0 Å². The number of hydrogen-bond acceptors (Lipinski definition) is 2. The Hall–Kier alpha value is -2.82. The fourth-order valence-corrected chi connectivity index (χ4v) is 3.72. The second kappa shape index (κ2) is 6.66. The largest absolute Gasteiger partial charge is 0.332 e. The topological polar surface area (TPSA) is 43.1 Å². The molecule has 2 aromatic heterocycles. The minimum atomic E-state index is -0.0142. The molecule has 0 bridgehead atoms. The van der Waals surface area contributed by atoms with Crippen LogP contribution in [0.1, 0.15) is 49.6 Å². The Morgan fingerprint density at radius 2 is 1.79 bits per heavy atom. The molecular weight excluding hydrogens is 348 g/mol. The van der Waals surface area contributed by atoms with E-state index in [1.807, 2.05) is 34.1 Å². The Bertz CT molecular complexity index is 1020. The summed E-state index contributed by atoms with van der Waals surface area (Å²) in [6, 6.07) is 10.5. The van der Waals surface area contributed by atoms with Gasteiger partial charge in [0.05, 0.1) is 24.5 Å². The number of rotatable bonds is 3. The molecular formula is C23H28N4O. The summed E-state index contributed by atoms with van der Waals surface area (Å²) in [6.45, 7) is 11.7. The lowest BCUT2D eigenvalue weighted by atomic mass is 9.92. The molecule has 5 nitrogen and oxygen atoms in total. The van der Waals surface area contributed by atoms with Gasteiger partial charge in [-0.15, -0.1) is 0 Å². The van der Waals surface area contributed by atoms with Crippen molar-refractivity contribution in [2.75, 3.05) is 0 Å². The molecule has 1 aliphatic heterocycles. The molecule has 28 heavy (non-hydrogen) atoms. The van der Waals surface area contributed by atoms with Crippen molar-refractivity contribution in [3.63, 3.8) is 0 Å². The van der Waals surface area contributed by atoms with Crippen LogP contribution in [-0.4, -0.2) is 25.2 Å². The maximum atomic E-state index is 12.7. The highest BCUT2D eigenvalue weighted by Crippen LogP contribution is 2.32. The summed E-state index contributed by atoms with van der Waals surface area (Å²) in [4.78, 5) is 14.7. The molecule has 0 aliphatic carbocycles. The van der Waals surface area contributed by atoms with Gasteiger partial charge in [0.15, 0.2) is 0 Å². The van der Waals surface area contributed by atoms with Crippen molar-refractivity contribution in [3.05, 3.63) is 65.1 Å². The van der Waals surface area contributed by atoms with Crippen LogP contribution >= 0.6 is 0 Å². The third-order valence-electron chi connectivity index (χ3n) is 5.35. The molecule has 3 aromatic rings. The van der Waals surface area contributed by atoms with Gasteiger partial charge in [-0.25, -0.2) is 4.68 Å². The molecule has 1 aliphatic rings. The van der Waals surface area contributed by atoms with Crippen LogP contribution < -0.4 is 0 Å². The van der Waals surface area contributed by atoms with Gasteiger partial charge in [0.1, 0.15) is 5.82 Å². The van der Waals surface area contributed by atoms with Crippen molar-refractivity contribution in [1.82, 2.24) is 19.2 Å². The average Bonchev–Trinajstić information content (AvgIpc) is 3.30. The Kier molecular flexibility index (Phi) is 4.41. The molecule has 0 atom stereocenters. The summed E-state index contributed by atoms with van der Waals surface area (Å²) < 4.78 is 4.11. The van der Waals surface area contributed by atoms with Crippen LogP contribution in [0.5, 0.6) is 0 Å². The van der Waals surface area contributed by atoms with Crippen LogP contribution in [0.25, 0.3) is 11.5 Å². The van der Waals surface area contributed by atoms with E-state index in [4.69, 9.17) is 5.10 Å². The highest BCUT2D eigenvalue weighted by Gasteiger charge is 2.32. The lowest BCUT2D eigenvalue weighted by Gasteiger charge is -2.23. The molecule has 0 fully saturated rings. The molecule has 0 saturated carbocycles. The molecule has 0 radical (unpaired) electrons. The number of benzene rings is 1. The molecule has 4 rings (SSSR count). The highest BCUT2D eigenvalue weighted by molar-refractivity contribution is 5.77. The first kappa shape index (κ1) is 18.5. The summed E-state index contributed by atoms with van der Waals surface area (Å²) in [5.41, 5.74) is 5.67. The van der Waals surface area contributed by atoms with E-state index in [1.54, 1.807) is 0 Å². The first-order valence-electron chi connectivity index (χ1n) is 9.82. The van der Waals surface area contributed by atoms with Crippen LogP contribution in [0.3, 0.4) is 0 Å². The molecule has 0 spiro atoms. The second-order valence-corrected chi connectivity index (χ2v) is 9.01. The van der Waals surface area contributed by atoms with Crippen LogP contribution in [0.2, 0.25) is 0 Å². The highest BCUT2D eigenvalue weighted by atomic mass is 16.2. The number of fused-ring (bicyclic) bond motifs is 1. The molecule has 146 valence electrons. The molecule has 0 unspecified atom stereocenters. The van der Waals surface area contributed by atoms with Crippen molar-refractivity contribution in [2.45, 2.75) is 54.1 Å². The predicted molar refractivity (Wildman–Crippen MR) is 111 cm³/mol. The van der Waals surface area contributed by atoms with Gasteiger partial charge in [-0.1, -0.05) is 26.8 Å². The van der Waals surface area contributed by atoms with Crippen molar-refractivity contribution in [3.8, 4) is 11.5 Å². The minimum absolute atomic E-state index is 0.0142. The first-order chi connectivity index (χ1) is 13.2. The third-order valence-corrected chi connectivity index (χ3v) is 5.35. The van der Waals surface area contributed by atoms with Crippen LogP contribution in [0.4, 0.5) is 0 Å². The fraction of sp³-hybridized carbons (Fsp3) is 0.391. The van der Waals surface area contributed by atoms with Gasteiger partial charge in [-0.3, -0.25) is 4.79 Å². The van der Waals surface area contributed by atoms with Crippen molar-refractivity contribution in [1.29, 1.82) is 0 Å². The van der Waals surface area contributed by atoms with E-state index in [0.717, 1.165) is 22.8 Å². The van der Waals surface area contributed by atoms with E-state index in [2.05, 4.69) is 57.4 Å². The van der Waals surface area contributed by atoms with Crippen LogP contribution in [-0.2, 0) is 17.9 Å². The smallest absolute Gasteiger partial charge is 0.223 e. The monoisotopic (exact) mass is 376 g/mol. The number of carbonyl (C=O) groups excluding carboxylic acids is 1. The Morgan fingerprint density at radius 1 is 1.07 bits per heavy atom. The molecule has 1 aromatic carbocycles. The molecule has 3 heterocycles. The third kappa shape index (κ3) is 3.37. The Morgan fingerprint density at radius 3 is 2.43 bits per heavy atom. The van der Waals surface area contributed by atoms with Crippen LogP contribution in [0.15, 0.2) is 42.7 Å². The zero-order valence-electron chi connectivity index (χ0n) is 17.4. The molecule has 0 saturated heterocycles. The van der Waals surface area contributed by atoms with Gasteiger partial charge in [0.2, 0.25) is 5.91 Å². The van der Waals surface area contributed by atoms with Gasteiger partial charge in [-0.05, 0) is 54.7 Å². The SMILES string of the molecule is Cc1ccc(-n2nc3c(c2-n2cccc2)CN(C(=O)CC(C)(C)C)C3)cc1C. The minimum Gasteiger partial charge on any atom is -0.332 e. The summed E-state index contributed by atoms with van der Waals surface area (Å²) in [6.07, 6.45) is 4.62. The van der Waals surface area contributed by atoms with E-state index in [9.17, 15) is 4.79 Å². The molecule has 0 N–H and O–H groups in total. The normalized spacial score (nSPS) is 13.8. The quantitative estimate of drug-likeness (QED) is 0.673. The number of hydrogen-bond donors (Lipinski definition) is 0. The van der Waals surface area contributed by atoms with Gasteiger partial charge in [0, 0.05) is 24.4 Å². The standard InChI is InChI=1S/C23H28N4O/c1-16-8-9-18(12-17(16)2)27-22(25-10-6-7-11-25)19-14-26(15-20(19)24-27)21(28)13-23(3,4)5/h6-12H,13-15H2,1-5H3. The van der Waals surface area contributed by atoms with Crippen molar-refractivity contribution in [2.24, 2.45) is 5.41 Å². The van der Waals surface area contributed by atoms with Gasteiger partial charge < -0.3 is 9.47 Å². The van der Waals surface area contributed by atoms with Crippen molar-refractivity contribution < 1.29 is 4.79 Å². The number of carbonyl (C=O) groups is 1. The maximum Gasteiger partial charge on any atom is 0.223 e. The zero-order chi connectivity index (χ0) is 20.1. The van der Waals surface area contributed by atoms with Gasteiger partial charge in [0.25, 0.3) is 0 Å². The number of aryl methyl sites for hydroxylation is 2. The lowest BCUT2D eigenvalue weighted by molar-refractivity contribution is -0.133. The summed E-state index contributed by atoms with van der Waals surface area (Å²) in [7, 11) is 0. The average molecular weight is 377 g/mol. The fourth-order valence-electron chi connectivity index (χ4n) is 3.72. The zero-order valence-corrected chi connectivity index (χ0v) is 17.4.